The van der Waals surface area contributed by atoms with E-state index in [1.54, 1.807) is 24.4 Å². The van der Waals surface area contributed by atoms with E-state index in [0.717, 1.165) is 22.5 Å². The van der Waals surface area contributed by atoms with Crippen molar-refractivity contribution in [3.63, 3.8) is 0 Å². The van der Waals surface area contributed by atoms with Gasteiger partial charge in [0, 0.05) is 19.3 Å². The number of rotatable bonds is 4. The molecule has 0 unspecified atom stereocenters. The number of benzene rings is 1. The van der Waals surface area contributed by atoms with Gasteiger partial charge in [-0.15, -0.1) is 0 Å². The quantitative estimate of drug-likeness (QED) is 0.691. The van der Waals surface area contributed by atoms with Crippen LogP contribution in [0.2, 0.25) is 0 Å². The first-order valence-electron chi connectivity index (χ1n) is 7.66. The molecule has 7 nitrogen and oxygen atoms in total. The van der Waals surface area contributed by atoms with Crippen molar-refractivity contribution in [2.45, 2.75) is 10.8 Å². The Morgan fingerprint density at radius 1 is 1.08 bits per heavy atom. The van der Waals surface area contributed by atoms with Gasteiger partial charge in [-0.2, -0.15) is 9.29 Å². The Morgan fingerprint density at radius 2 is 1.81 bits per heavy atom. The summed E-state index contributed by atoms with van der Waals surface area (Å²) in [5, 5.41) is 3.83. The van der Waals surface area contributed by atoms with Gasteiger partial charge in [0.05, 0.1) is 5.92 Å². The molecule has 134 valence electrons. The van der Waals surface area contributed by atoms with E-state index in [2.05, 4.69) is 15.1 Å². The fraction of sp³-hybridized carbons (Fsp3) is 0.188. The summed E-state index contributed by atoms with van der Waals surface area (Å²) in [4.78, 5) is 7.37. The molecule has 3 aromatic rings. The lowest BCUT2D eigenvalue weighted by atomic mass is 10.0. The molecule has 4 rings (SSSR count). The van der Waals surface area contributed by atoms with Gasteiger partial charge in [-0.3, -0.25) is 4.98 Å². The van der Waals surface area contributed by atoms with Gasteiger partial charge in [0.15, 0.2) is 4.90 Å². The van der Waals surface area contributed by atoms with Crippen LogP contribution in [0.5, 0.6) is 0 Å². The summed E-state index contributed by atoms with van der Waals surface area (Å²) in [5.74, 6) is -2.04. The first-order valence-corrected chi connectivity index (χ1v) is 9.10. The van der Waals surface area contributed by atoms with E-state index in [-0.39, 0.29) is 24.9 Å². The molecule has 0 N–H and O–H groups in total. The summed E-state index contributed by atoms with van der Waals surface area (Å²) in [7, 11) is -4.27. The zero-order chi connectivity index (χ0) is 18.3. The van der Waals surface area contributed by atoms with Crippen LogP contribution in [0.1, 0.15) is 11.8 Å². The normalized spacial score (nSPS) is 15.8. The summed E-state index contributed by atoms with van der Waals surface area (Å²) in [6, 6.07) is 8.17. The van der Waals surface area contributed by atoms with Crippen LogP contribution < -0.4 is 0 Å². The first-order chi connectivity index (χ1) is 12.5. The Labute approximate surface area is 147 Å². The molecule has 0 saturated carbocycles. The average molecular weight is 378 g/mol. The molecule has 0 aliphatic carbocycles. The molecule has 0 amide bonds. The van der Waals surface area contributed by atoms with Gasteiger partial charge >= 0.3 is 0 Å². The van der Waals surface area contributed by atoms with Crippen LogP contribution >= 0.6 is 0 Å². The lowest BCUT2D eigenvalue weighted by molar-refractivity contribution is 0.215. The molecule has 26 heavy (non-hydrogen) atoms. The highest BCUT2D eigenvalue weighted by atomic mass is 32.2. The zero-order valence-corrected chi connectivity index (χ0v) is 14.0. The standard InChI is InChI=1S/C16H12F2N4O3S/c17-11-4-3-5-12(18)14(11)26(23,24)22-8-10(9-22)16-20-15(21-25-16)13-6-1-2-7-19-13/h1-7,10H,8-9H2. The Morgan fingerprint density at radius 3 is 2.46 bits per heavy atom. The smallest absolute Gasteiger partial charge is 0.248 e. The largest absolute Gasteiger partial charge is 0.339 e. The number of nitrogens with zero attached hydrogens (tertiary/aromatic N) is 4. The third-order valence-corrected chi connectivity index (χ3v) is 5.93. The minimum Gasteiger partial charge on any atom is -0.339 e. The van der Waals surface area contributed by atoms with Gasteiger partial charge in [-0.25, -0.2) is 17.2 Å². The van der Waals surface area contributed by atoms with E-state index >= 15 is 0 Å². The third kappa shape index (κ3) is 2.76. The van der Waals surface area contributed by atoms with Crippen molar-refractivity contribution in [2.75, 3.05) is 13.1 Å². The van der Waals surface area contributed by atoms with E-state index < -0.39 is 26.6 Å². The molecule has 2 aromatic heterocycles. The highest BCUT2D eigenvalue weighted by molar-refractivity contribution is 7.89. The van der Waals surface area contributed by atoms with Gasteiger partial charge in [0.2, 0.25) is 21.7 Å². The number of hydrogen-bond acceptors (Lipinski definition) is 6. The van der Waals surface area contributed by atoms with Crippen LogP contribution in [0.15, 0.2) is 52.0 Å². The van der Waals surface area contributed by atoms with E-state index in [0.29, 0.717) is 11.5 Å². The van der Waals surface area contributed by atoms with Gasteiger partial charge in [-0.1, -0.05) is 17.3 Å². The second-order valence-electron chi connectivity index (χ2n) is 5.74. The first kappa shape index (κ1) is 16.7. The Balaban J connectivity index is 1.52. The highest BCUT2D eigenvalue weighted by Gasteiger charge is 2.42. The molecule has 1 aliphatic heterocycles. The van der Waals surface area contributed by atoms with E-state index in [9.17, 15) is 17.2 Å². The van der Waals surface area contributed by atoms with Gasteiger partial charge in [-0.05, 0) is 24.3 Å². The minimum atomic E-state index is -4.27. The summed E-state index contributed by atoms with van der Waals surface area (Å²) in [6.45, 7) is -0.0000809. The Hall–Kier alpha value is -2.72. The van der Waals surface area contributed by atoms with Gasteiger partial charge < -0.3 is 4.52 Å². The maximum atomic E-state index is 13.8. The van der Waals surface area contributed by atoms with Crippen molar-refractivity contribution in [3.8, 4) is 11.5 Å². The predicted octanol–water partition coefficient (Wildman–Crippen LogP) is 2.20. The van der Waals surface area contributed by atoms with E-state index in [1.165, 1.54) is 0 Å². The molecule has 1 saturated heterocycles. The van der Waals surface area contributed by atoms with Gasteiger partial charge in [0.25, 0.3) is 0 Å². The number of sulfonamides is 1. The molecular formula is C16H12F2N4O3S. The molecule has 0 radical (unpaired) electrons. The molecule has 0 spiro atoms. The van der Waals surface area contributed by atoms with Crippen LogP contribution in [-0.2, 0) is 10.0 Å². The summed E-state index contributed by atoms with van der Waals surface area (Å²) >= 11 is 0. The van der Waals surface area contributed by atoms with Crippen LogP contribution in [0.3, 0.4) is 0 Å². The van der Waals surface area contributed by atoms with Crippen molar-refractivity contribution in [3.05, 3.63) is 60.1 Å². The monoisotopic (exact) mass is 378 g/mol. The van der Waals surface area contributed by atoms with Crippen molar-refractivity contribution in [2.24, 2.45) is 0 Å². The maximum Gasteiger partial charge on any atom is 0.248 e. The summed E-state index contributed by atoms with van der Waals surface area (Å²) in [6.07, 6.45) is 1.59. The number of pyridine rings is 1. The highest BCUT2D eigenvalue weighted by Crippen LogP contribution is 2.33. The molecule has 1 aromatic carbocycles. The van der Waals surface area contributed by atoms with Crippen LogP contribution in [-0.4, -0.2) is 40.9 Å². The Bertz CT molecular complexity index is 1030. The fourth-order valence-corrected chi connectivity index (χ4v) is 4.29. The lowest BCUT2D eigenvalue weighted by Crippen LogP contribution is -2.48. The number of hydrogen-bond donors (Lipinski definition) is 0. The number of aromatic nitrogens is 3. The molecule has 1 aliphatic rings. The van der Waals surface area contributed by atoms with Crippen molar-refractivity contribution in [1.29, 1.82) is 0 Å². The second kappa shape index (κ2) is 6.22. The number of halogens is 2. The van der Waals surface area contributed by atoms with E-state index in [1.807, 2.05) is 0 Å². The zero-order valence-electron chi connectivity index (χ0n) is 13.2. The van der Waals surface area contributed by atoms with Crippen molar-refractivity contribution >= 4 is 10.0 Å². The SMILES string of the molecule is O=S(=O)(c1c(F)cccc1F)N1CC(c2nc(-c3ccccn3)no2)C1. The predicted molar refractivity (Wildman–Crippen MR) is 85.4 cm³/mol. The molecule has 0 bridgehead atoms. The molecule has 10 heteroatoms. The van der Waals surface area contributed by atoms with Crippen molar-refractivity contribution < 1.29 is 21.7 Å². The minimum absolute atomic E-state index is 0.0000405. The summed E-state index contributed by atoms with van der Waals surface area (Å²) < 4.78 is 58.6. The Kier molecular flexibility index (Phi) is 4.00. The molecular weight excluding hydrogens is 366 g/mol. The van der Waals surface area contributed by atoms with Gasteiger partial charge in [0.1, 0.15) is 17.3 Å². The van der Waals surface area contributed by atoms with E-state index in [4.69, 9.17) is 4.52 Å². The second-order valence-corrected chi connectivity index (χ2v) is 7.62. The summed E-state index contributed by atoms with van der Waals surface area (Å²) in [5.41, 5.74) is 0.528. The molecule has 0 atom stereocenters. The topological polar surface area (TPSA) is 89.2 Å². The maximum absolute atomic E-state index is 13.8. The van der Waals surface area contributed by atoms with Crippen LogP contribution in [0, 0.1) is 11.6 Å². The fourth-order valence-electron chi connectivity index (χ4n) is 2.65. The average Bonchev–Trinajstić information content (AvgIpc) is 3.03. The van der Waals surface area contributed by atoms with Crippen LogP contribution in [0.4, 0.5) is 8.78 Å². The molecule has 1 fully saturated rings. The van der Waals surface area contributed by atoms with Crippen molar-refractivity contribution in [1.82, 2.24) is 19.4 Å². The third-order valence-electron chi connectivity index (χ3n) is 4.05. The van der Waals surface area contributed by atoms with Crippen LogP contribution in [0.25, 0.3) is 11.5 Å². The lowest BCUT2D eigenvalue weighted by Gasteiger charge is -2.35. The molecule has 3 heterocycles.